The third-order valence-corrected chi connectivity index (χ3v) is 11.7. The van der Waals surface area contributed by atoms with Crippen LogP contribution in [0.15, 0.2) is 182 Å². The molecule has 0 aliphatic carbocycles. The normalized spacial score (nSPS) is 11.9. The van der Waals surface area contributed by atoms with Gasteiger partial charge >= 0.3 is 0 Å². The van der Waals surface area contributed by atoms with Crippen molar-refractivity contribution in [1.82, 2.24) is 9.13 Å². The van der Waals surface area contributed by atoms with Crippen LogP contribution in [0.3, 0.4) is 0 Å². The second kappa shape index (κ2) is 11.0. The number of rotatable bonds is 4. The van der Waals surface area contributed by atoms with Crippen LogP contribution >= 0.6 is 11.3 Å². The lowest BCUT2D eigenvalue weighted by atomic mass is 10.0. The molecule has 3 aromatic heterocycles. The van der Waals surface area contributed by atoms with Crippen molar-refractivity contribution >= 4 is 75.1 Å². The highest BCUT2D eigenvalue weighted by atomic mass is 32.1. The van der Waals surface area contributed by atoms with E-state index in [0.717, 1.165) is 0 Å². The first-order valence-electron chi connectivity index (χ1n) is 17.4. The van der Waals surface area contributed by atoms with E-state index in [1.165, 1.54) is 97.4 Å². The minimum absolute atomic E-state index is 1.17. The summed E-state index contributed by atoms with van der Waals surface area (Å²) in [6, 6.07) is 66.4. The lowest BCUT2D eigenvalue weighted by Gasteiger charge is -2.10. The topological polar surface area (TPSA) is 9.86 Å². The van der Waals surface area contributed by atoms with Crippen molar-refractivity contribution in [1.29, 1.82) is 0 Å². The van der Waals surface area contributed by atoms with Crippen molar-refractivity contribution in [3.63, 3.8) is 0 Å². The Morgan fingerprint density at radius 1 is 0.314 bits per heavy atom. The largest absolute Gasteiger partial charge is 0.309 e. The predicted octanol–water partition coefficient (Wildman–Crippen LogP) is 13.6. The second-order valence-electron chi connectivity index (χ2n) is 13.3. The van der Waals surface area contributed by atoms with Crippen LogP contribution in [0, 0.1) is 0 Å². The molecule has 0 spiro atoms. The van der Waals surface area contributed by atoms with Crippen LogP contribution < -0.4 is 0 Å². The van der Waals surface area contributed by atoms with Gasteiger partial charge in [-0.15, -0.1) is 11.3 Å². The van der Waals surface area contributed by atoms with E-state index in [-0.39, 0.29) is 0 Å². The molecule has 2 nitrogen and oxygen atoms in total. The molecule has 3 heterocycles. The molecule has 11 aromatic rings. The third kappa shape index (κ3) is 4.29. The molecule has 0 amide bonds. The maximum Gasteiger partial charge on any atom is 0.0555 e. The molecule has 0 N–H and O–H groups in total. The van der Waals surface area contributed by atoms with Gasteiger partial charge in [-0.25, -0.2) is 0 Å². The summed E-state index contributed by atoms with van der Waals surface area (Å²) in [6.45, 7) is 0. The van der Waals surface area contributed by atoms with Gasteiger partial charge in [-0.3, -0.25) is 0 Å². The van der Waals surface area contributed by atoms with Gasteiger partial charge in [-0.1, -0.05) is 127 Å². The minimum atomic E-state index is 1.17. The van der Waals surface area contributed by atoms with E-state index in [2.05, 4.69) is 191 Å². The predicted molar refractivity (Wildman–Crippen MR) is 219 cm³/mol. The minimum Gasteiger partial charge on any atom is -0.309 e. The first kappa shape index (κ1) is 28.4. The average molecular weight is 667 g/mol. The fraction of sp³-hybridized carbons (Fsp3) is 0. The van der Waals surface area contributed by atoms with E-state index < -0.39 is 0 Å². The zero-order valence-electron chi connectivity index (χ0n) is 27.6. The van der Waals surface area contributed by atoms with Crippen molar-refractivity contribution in [3.05, 3.63) is 182 Å². The van der Waals surface area contributed by atoms with Crippen LogP contribution in [-0.2, 0) is 0 Å². The number of thiophene rings is 1. The van der Waals surface area contributed by atoms with Gasteiger partial charge in [0.25, 0.3) is 0 Å². The molecule has 238 valence electrons. The van der Waals surface area contributed by atoms with Crippen LogP contribution in [0.2, 0.25) is 0 Å². The molecule has 3 heteroatoms. The Morgan fingerprint density at radius 2 is 0.922 bits per heavy atom. The summed E-state index contributed by atoms with van der Waals surface area (Å²) >= 11 is 1.92. The highest BCUT2D eigenvalue weighted by Gasteiger charge is 2.20. The summed E-state index contributed by atoms with van der Waals surface area (Å²) in [5, 5.41) is 7.79. The highest BCUT2D eigenvalue weighted by molar-refractivity contribution is 7.26. The Labute approximate surface area is 298 Å². The molecule has 0 atom stereocenters. The van der Waals surface area contributed by atoms with Gasteiger partial charge in [0.2, 0.25) is 0 Å². The van der Waals surface area contributed by atoms with Crippen molar-refractivity contribution in [2.45, 2.75) is 0 Å². The Kier molecular flexibility index (Phi) is 6.16. The van der Waals surface area contributed by atoms with Crippen LogP contribution in [0.5, 0.6) is 0 Å². The van der Waals surface area contributed by atoms with Crippen molar-refractivity contribution in [2.75, 3.05) is 0 Å². The lowest BCUT2D eigenvalue weighted by Crippen LogP contribution is -1.94. The summed E-state index contributed by atoms with van der Waals surface area (Å²) in [5.41, 5.74) is 12.2. The molecule has 8 aromatic carbocycles. The number of nitrogens with zero attached hydrogens (tertiary/aromatic N) is 2. The lowest BCUT2D eigenvalue weighted by molar-refractivity contribution is 1.18. The molecule has 0 radical (unpaired) electrons. The fourth-order valence-electron chi connectivity index (χ4n) is 8.19. The van der Waals surface area contributed by atoms with E-state index in [1.807, 2.05) is 11.3 Å². The number of aromatic nitrogens is 2. The first-order chi connectivity index (χ1) is 25.3. The molecule has 0 aliphatic rings. The van der Waals surface area contributed by atoms with E-state index in [1.54, 1.807) is 0 Å². The van der Waals surface area contributed by atoms with Gasteiger partial charge in [0, 0.05) is 53.1 Å². The monoisotopic (exact) mass is 666 g/mol. The first-order valence-corrected chi connectivity index (χ1v) is 18.3. The van der Waals surface area contributed by atoms with Crippen LogP contribution in [0.25, 0.3) is 97.4 Å². The quantitative estimate of drug-likeness (QED) is 0.177. The van der Waals surface area contributed by atoms with E-state index in [0.29, 0.717) is 0 Å². The van der Waals surface area contributed by atoms with Crippen LogP contribution in [-0.4, -0.2) is 9.13 Å². The average Bonchev–Trinajstić information content (AvgIpc) is 3.85. The SMILES string of the molecule is c1ccc(-c2ccc(-n3c4ccccc4c4cc5c(cc43)sc3c5ccc4c3c3ccccc3n4-c3cccc(-c4ccccc4)c3)cc2)cc1. The molecule has 0 aliphatic heterocycles. The number of para-hydroxylation sites is 2. The van der Waals surface area contributed by atoms with Gasteiger partial charge in [0.1, 0.15) is 0 Å². The van der Waals surface area contributed by atoms with Gasteiger partial charge in [0.15, 0.2) is 0 Å². The molecular formula is C48H30N2S. The molecule has 0 unspecified atom stereocenters. The number of fused-ring (bicyclic) bond motifs is 10. The third-order valence-electron chi connectivity index (χ3n) is 10.5. The second-order valence-corrected chi connectivity index (χ2v) is 14.4. The number of benzene rings is 8. The summed E-state index contributed by atoms with van der Waals surface area (Å²) < 4.78 is 7.52. The molecule has 0 saturated carbocycles. The van der Waals surface area contributed by atoms with Gasteiger partial charge < -0.3 is 9.13 Å². The van der Waals surface area contributed by atoms with Gasteiger partial charge in [0.05, 0.1) is 22.1 Å². The van der Waals surface area contributed by atoms with E-state index >= 15 is 0 Å². The summed E-state index contributed by atoms with van der Waals surface area (Å²) in [7, 11) is 0. The molecule has 0 saturated heterocycles. The maximum absolute atomic E-state index is 2.44. The molecule has 11 rings (SSSR count). The smallest absolute Gasteiger partial charge is 0.0555 e. The Hall–Kier alpha value is -6.42. The highest BCUT2D eigenvalue weighted by Crippen LogP contribution is 2.46. The zero-order valence-corrected chi connectivity index (χ0v) is 28.4. The standard InChI is InChI=1S/C48H30N2S/c1-3-12-31(13-4-1)33-22-24-35(25-23-33)49-42-20-9-7-18-37(42)40-29-41-38-26-27-44-47(48(38)51-46(41)30-45(40)49)39-19-8-10-21-43(39)50(44)36-17-11-16-34(28-36)32-14-5-2-6-15-32/h1-30H. The molecular weight excluding hydrogens is 637 g/mol. The maximum atomic E-state index is 2.44. The number of hydrogen-bond acceptors (Lipinski definition) is 1. The van der Waals surface area contributed by atoms with Crippen LogP contribution in [0.1, 0.15) is 0 Å². The van der Waals surface area contributed by atoms with Gasteiger partial charge in [-0.2, -0.15) is 0 Å². The zero-order chi connectivity index (χ0) is 33.5. The summed E-state index contributed by atoms with van der Waals surface area (Å²) in [5.74, 6) is 0. The van der Waals surface area contributed by atoms with Crippen molar-refractivity contribution in [3.8, 4) is 33.6 Å². The molecule has 51 heavy (non-hydrogen) atoms. The molecule has 0 bridgehead atoms. The number of hydrogen-bond donors (Lipinski definition) is 0. The Bertz CT molecular complexity index is 3110. The fourth-order valence-corrected chi connectivity index (χ4v) is 9.47. The van der Waals surface area contributed by atoms with Crippen molar-refractivity contribution in [2.24, 2.45) is 0 Å². The summed E-state index contributed by atoms with van der Waals surface area (Å²) in [4.78, 5) is 0. The van der Waals surface area contributed by atoms with Crippen molar-refractivity contribution < 1.29 is 0 Å². The summed E-state index contributed by atoms with van der Waals surface area (Å²) in [6.07, 6.45) is 0. The molecule has 0 fully saturated rings. The Morgan fingerprint density at radius 3 is 1.69 bits per heavy atom. The van der Waals surface area contributed by atoms with E-state index in [4.69, 9.17) is 0 Å². The van der Waals surface area contributed by atoms with E-state index in [9.17, 15) is 0 Å². The van der Waals surface area contributed by atoms with Crippen LogP contribution in [0.4, 0.5) is 0 Å². The Balaban J connectivity index is 1.15. The van der Waals surface area contributed by atoms with Gasteiger partial charge in [-0.05, 0) is 76.9 Å².